The first-order valence-corrected chi connectivity index (χ1v) is 7.40. The minimum atomic E-state index is 0.387. The van der Waals surface area contributed by atoms with Crippen LogP contribution in [0, 0.1) is 0 Å². The molecule has 1 unspecified atom stereocenters. The fraction of sp³-hybridized carbons (Fsp3) is 0.333. The highest BCUT2D eigenvalue weighted by Crippen LogP contribution is 2.44. The summed E-state index contributed by atoms with van der Waals surface area (Å²) in [5, 5.41) is 3.44. The Morgan fingerprint density at radius 2 is 2.00 bits per heavy atom. The summed E-state index contributed by atoms with van der Waals surface area (Å²) in [6, 6.07) is 9.14. The Morgan fingerprint density at radius 3 is 2.70 bits per heavy atom. The van der Waals surface area contributed by atoms with Gasteiger partial charge in [-0.25, -0.2) is 0 Å². The standard InChI is InChI=1S/C18H22N2/c1-3-7-16-14(4-2)15-8-5-6-9-17(15)18(16)20-12-10-19-11-13-20/h3-9,18-19H,2,10-13H2,1H3/b7-3-. The van der Waals surface area contributed by atoms with E-state index in [1.165, 1.54) is 22.3 Å². The Kier molecular flexibility index (Phi) is 3.86. The predicted molar refractivity (Wildman–Crippen MR) is 85.6 cm³/mol. The lowest BCUT2D eigenvalue weighted by Gasteiger charge is -2.34. The van der Waals surface area contributed by atoms with Crippen molar-refractivity contribution < 1.29 is 0 Å². The Morgan fingerprint density at radius 1 is 1.25 bits per heavy atom. The van der Waals surface area contributed by atoms with Crippen LogP contribution in [0.2, 0.25) is 0 Å². The van der Waals surface area contributed by atoms with Crippen molar-refractivity contribution in [2.75, 3.05) is 26.2 Å². The summed E-state index contributed by atoms with van der Waals surface area (Å²) >= 11 is 0. The number of hydrogen-bond donors (Lipinski definition) is 1. The molecule has 3 rings (SSSR count). The smallest absolute Gasteiger partial charge is 0.0614 e. The number of fused-ring (bicyclic) bond motifs is 1. The van der Waals surface area contributed by atoms with Crippen molar-refractivity contribution >= 4 is 5.57 Å². The van der Waals surface area contributed by atoms with Gasteiger partial charge in [-0.05, 0) is 29.2 Å². The van der Waals surface area contributed by atoms with Gasteiger partial charge in [0.1, 0.15) is 0 Å². The number of rotatable bonds is 3. The Labute approximate surface area is 121 Å². The first kappa shape index (κ1) is 13.3. The molecule has 0 amide bonds. The zero-order valence-corrected chi connectivity index (χ0v) is 12.1. The molecule has 2 nitrogen and oxygen atoms in total. The molecule has 1 fully saturated rings. The highest BCUT2D eigenvalue weighted by atomic mass is 15.2. The summed E-state index contributed by atoms with van der Waals surface area (Å²) in [5.74, 6) is 0. The summed E-state index contributed by atoms with van der Waals surface area (Å²) in [7, 11) is 0. The molecule has 20 heavy (non-hydrogen) atoms. The minimum absolute atomic E-state index is 0.387. The second-order valence-corrected chi connectivity index (χ2v) is 5.35. The molecular formula is C18H22N2. The predicted octanol–water partition coefficient (Wildman–Crippen LogP) is 3.16. The van der Waals surface area contributed by atoms with Crippen molar-refractivity contribution in [1.82, 2.24) is 10.2 Å². The lowest BCUT2D eigenvalue weighted by molar-refractivity contribution is 0.200. The molecule has 1 aliphatic heterocycles. The SMILES string of the molecule is C=CC1=C(/C=C\C)C(N2CCNCC2)c2ccccc21. The van der Waals surface area contributed by atoms with Crippen LogP contribution < -0.4 is 5.32 Å². The van der Waals surface area contributed by atoms with Crippen LogP contribution in [0.1, 0.15) is 24.1 Å². The van der Waals surface area contributed by atoms with E-state index in [9.17, 15) is 0 Å². The van der Waals surface area contributed by atoms with Crippen LogP contribution in [-0.2, 0) is 0 Å². The largest absolute Gasteiger partial charge is 0.314 e. The molecule has 104 valence electrons. The normalized spacial score (nSPS) is 23.4. The molecule has 0 bridgehead atoms. The Hall–Kier alpha value is -1.64. The zero-order valence-electron chi connectivity index (χ0n) is 12.1. The fourth-order valence-electron chi connectivity index (χ4n) is 3.37. The van der Waals surface area contributed by atoms with Gasteiger partial charge in [0.15, 0.2) is 0 Å². The Bertz CT molecular complexity index is 563. The average molecular weight is 266 g/mol. The average Bonchev–Trinajstić information content (AvgIpc) is 2.82. The van der Waals surface area contributed by atoms with Gasteiger partial charge in [-0.1, -0.05) is 49.1 Å². The summed E-state index contributed by atoms with van der Waals surface area (Å²) in [6.45, 7) is 10.5. The molecule has 0 saturated carbocycles. The maximum atomic E-state index is 4.03. The Balaban J connectivity index is 2.09. The first-order valence-electron chi connectivity index (χ1n) is 7.40. The van der Waals surface area contributed by atoms with Crippen molar-refractivity contribution in [3.63, 3.8) is 0 Å². The van der Waals surface area contributed by atoms with Gasteiger partial charge in [-0.3, -0.25) is 4.90 Å². The molecule has 1 atom stereocenters. The summed E-state index contributed by atoms with van der Waals surface area (Å²) < 4.78 is 0. The van der Waals surface area contributed by atoms with Crippen LogP contribution in [0.15, 0.2) is 54.6 Å². The number of nitrogens with one attached hydrogen (secondary N) is 1. The van der Waals surface area contributed by atoms with Gasteiger partial charge < -0.3 is 5.32 Å². The van der Waals surface area contributed by atoms with E-state index in [4.69, 9.17) is 0 Å². The molecular weight excluding hydrogens is 244 g/mol. The van der Waals surface area contributed by atoms with Crippen LogP contribution in [-0.4, -0.2) is 31.1 Å². The third-order valence-electron chi connectivity index (χ3n) is 4.22. The van der Waals surface area contributed by atoms with Gasteiger partial charge >= 0.3 is 0 Å². The molecule has 1 saturated heterocycles. The lowest BCUT2D eigenvalue weighted by Crippen LogP contribution is -2.45. The summed E-state index contributed by atoms with van der Waals surface area (Å²) in [4.78, 5) is 2.58. The summed E-state index contributed by atoms with van der Waals surface area (Å²) in [6.07, 6.45) is 6.40. The minimum Gasteiger partial charge on any atom is -0.314 e. The van der Waals surface area contributed by atoms with Gasteiger partial charge in [0.2, 0.25) is 0 Å². The van der Waals surface area contributed by atoms with Crippen molar-refractivity contribution in [3.8, 4) is 0 Å². The number of nitrogens with zero attached hydrogens (tertiary/aromatic N) is 1. The van der Waals surface area contributed by atoms with Gasteiger partial charge in [-0.2, -0.15) is 0 Å². The van der Waals surface area contributed by atoms with Crippen molar-refractivity contribution in [3.05, 3.63) is 65.8 Å². The van der Waals surface area contributed by atoms with E-state index in [1.807, 2.05) is 6.08 Å². The van der Waals surface area contributed by atoms with Crippen molar-refractivity contribution in [2.24, 2.45) is 0 Å². The number of hydrogen-bond acceptors (Lipinski definition) is 2. The molecule has 1 aliphatic carbocycles. The van der Waals surface area contributed by atoms with Gasteiger partial charge in [0, 0.05) is 26.2 Å². The monoisotopic (exact) mass is 266 g/mol. The maximum Gasteiger partial charge on any atom is 0.0614 e. The molecule has 1 aromatic rings. The molecule has 0 aromatic heterocycles. The van der Waals surface area contributed by atoms with Crippen molar-refractivity contribution in [2.45, 2.75) is 13.0 Å². The molecule has 1 heterocycles. The van der Waals surface area contributed by atoms with E-state index in [1.54, 1.807) is 0 Å². The molecule has 0 radical (unpaired) electrons. The van der Waals surface area contributed by atoms with Gasteiger partial charge in [-0.15, -0.1) is 0 Å². The van der Waals surface area contributed by atoms with Crippen LogP contribution in [0.25, 0.3) is 5.57 Å². The topological polar surface area (TPSA) is 15.3 Å². The molecule has 2 heteroatoms. The number of allylic oxidation sites excluding steroid dienone is 3. The third-order valence-corrected chi connectivity index (χ3v) is 4.22. The number of benzene rings is 1. The van der Waals surface area contributed by atoms with Crippen LogP contribution in [0.3, 0.4) is 0 Å². The van der Waals surface area contributed by atoms with Gasteiger partial charge in [0.05, 0.1) is 6.04 Å². The highest BCUT2D eigenvalue weighted by Gasteiger charge is 2.33. The number of piperazine rings is 1. The van der Waals surface area contributed by atoms with Gasteiger partial charge in [0.25, 0.3) is 0 Å². The fourth-order valence-corrected chi connectivity index (χ4v) is 3.37. The van der Waals surface area contributed by atoms with E-state index in [-0.39, 0.29) is 0 Å². The molecule has 0 spiro atoms. The van der Waals surface area contributed by atoms with E-state index in [2.05, 4.69) is 60.1 Å². The first-order chi connectivity index (χ1) is 9.86. The van der Waals surface area contributed by atoms with Crippen LogP contribution in [0.5, 0.6) is 0 Å². The molecule has 2 aliphatic rings. The lowest BCUT2D eigenvalue weighted by atomic mass is 10.0. The zero-order chi connectivity index (χ0) is 13.9. The summed E-state index contributed by atoms with van der Waals surface area (Å²) in [5.41, 5.74) is 5.46. The van der Waals surface area contributed by atoms with Crippen molar-refractivity contribution in [1.29, 1.82) is 0 Å². The maximum absolute atomic E-state index is 4.03. The van der Waals surface area contributed by atoms with E-state index in [0.717, 1.165) is 26.2 Å². The second-order valence-electron chi connectivity index (χ2n) is 5.35. The molecule has 1 aromatic carbocycles. The molecule has 1 N–H and O–H groups in total. The van der Waals surface area contributed by atoms with Crippen LogP contribution >= 0.6 is 0 Å². The second kappa shape index (κ2) is 5.78. The highest BCUT2D eigenvalue weighted by molar-refractivity contribution is 5.85. The van der Waals surface area contributed by atoms with E-state index >= 15 is 0 Å². The third kappa shape index (κ3) is 2.15. The quantitative estimate of drug-likeness (QED) is 0.904. The van der Waals surface area contributed by atoms with E-state index < -0.39 is 0 Å². The van der Waals surface area contributed by atoms with Crippen LogP contribution in [0.4, 0.5) is 0 Å². The van der Waals surface area contributed by atoms with E-state index in [0.29, 0.717) is 6.04 Å².